The lowest BCUT2D eigenvalue weighted by molar-refractivity contribution is -0.119. The van der Waals surface area contributed by atoms with E-state index in [0.717, 1.165) is 17.5 Å². The van der Waals surface area contributed by atoms with E-state index in [-0.39, 0.29) is 11.9 Å². The van der Waals surface area contributed by atoms with Gasteiger partial charge < -0.3 is 10.6 Å². The normalized spacial score (nSPS) is 30.6. The Morgan fingerprint density at radius 2 is 2.40 bits per heavy atom. The van der Waals surface area contributed by atoms with Gasteiger partial charge in [-0.2, -0.15) is 0 Å². The zero-order valence-electron chi connectivity index (χ0n) is 9.12. The van der Waals surface area contributed by atoms with Crippen LogP contribution >= 0.6 is 11.8 Å². The van der Waals surface area contributed by atoms with Crippen molar-refractivity contribution in [1.82, 2.24) is 10.6 Å². The van der Waals surface area contributed by atoms with Crippen LogP contribution in [0.25, 0.3) is 0 Å². The molecule has 0 aromatic heterocycles. The molecule has 2 N–H and O–H groups in total. The number of thioether (sulfide) groups is 1. The molecule has 2 aliphatic rings. The molecule has 2 heterocycles. The minimum absolute atomic E-state index is 0.136. The number of nitrogens with one attached hydrogen (secondary N) is 2. The molecule has 0 aliphatic carbocycles. The first-order chi connectivity index (χ1) is 7.15. The third kappa shape index (κ3) is 2.65. The van der Waals surface area contributed by atoms with E-state index in [0.29, 0.717) is 18.4 Å². The van der Waals surface area contributed by atoms with Gasteiger partial charge in [0.1, 0.15) is 0 Å². The van der Waals surface area contributed by atoms with Crippen molar-refractivity contribution in [2.75, 3.05) is 12.3 Å². The van der Waals surface area contributed by atoms with E-state index in [2.05, 4.69) is 29.5 Å². The highest BCUT2D eigenvalue weighted by Gasteiger charge is 2.26. The van der Waals surface area contributed by atoms with E-state index in [1.54, 1.807) is 11.8 Å². The summed E-state index contributed by atoms with van der Waals surface area (Å²) in [4.78, 5) is 15.6. The van der Waals surface area contributed by atoms with E-state index >= 15 is 0 Å². The topological polar surface area (TPSA) is 53.5 Å². The van der Waals surface area contributed by atoms with Crippen LogP contribution in [0.5, 0.6) is 0 Å². The number of aliphatic imine (C=N–C) groups is 1. The van der Waals surface area contributed by atoms with Crippen LogP contribution < -0.4 is 10.6 Å². The summed E-state index contributed by atoms with van der Waals surface area (Å²) in [6, 6.07) is 0.664. The van der Waals surface area contributed by atoms with Crippen molar-refractivity contribution in [3.63, 3.8) is 0 Å². The molecule has 0 radical (unpaired) electrons. The zero-order valence-corrected chi connectivity index (χ0v) is 9.93. The van der Waals surface area contributed by atoms with Gasteiger partial charge in [-0.05, 0) is 5.92 Å². The van der Waals surface area contributed by atoms with Crippen LogP contribution in [0.2, 0.25) is 0 Å². The summed E-state index contributed by atoms with van der Waals surface area (Å²) in [6.07, 6.45) is 0.575. The van der Waals surface area contributed by atoms with Crippen LogP contribution in [-0.2, 0) is 4.79 Å². The van der Waals surface area contributed by atoms with Gasteiger partial charge >= 0.3 is 0 Å². The molecule has 4 nitrogen and oxygen atoms in total. The van der Waals surface area contributed by atoms with Gasteiger partial charge in [0.25, 0.3) is 0 Å². The number of carbonyl (C=O) groups excluding carboxylic acids is 1. The standard InChI is InChI=1S/C10H17N3OS/c1-6(2)8-5-15-10(13-8)12-7-3-9(14)11-4-7/h6-8H,3-5H2,1-2H3,(H,11,14)(H,12,13). The molecule has 84 valence electrons. The molecular formula is C10H17N3OS. The van der Waals surface area contributed by atoms with Crippen molar-refractivity contribution < 1.29 is 4.79 Å². The molecule has 15 heavy (non-hydrogen) atoms. The third-order valence-electron chi connectivity index (χ3n) is 2.75. The molecule has 2 unspecified atom stereocenters. The highest BCUT2D eigenvalue weighted by molar-refractivity contribution is 8.14. The van der Waals surface area contributed by atoms with Crippen molar-refractivity contribution in [1.29, 1.82) is 0 Å². The maximum absolute atomic E-state index is 11.0. The number of amides is 1. The summed E-state index contributed by atoms with van der Waals surface area (Å²) < 4.78 is 0. The molecule has 0 aromatic rings. The lowest BCUT2D eigenvalue weighted by Gasteiger charge is -2.10. The van der Waals surface area contributed by atoms with Gasteiger partial charge in [-0.25, -0.2) is 0 Å². The van der Waals surface area contributed by atoms with Crippen molar-refractivity contribution in [2.24, 2.45) is 10.9 Å². The molecule has 5 heteroatoms. The zero-order chi connectivity index (χ0) is 10.8. The van der Waals surface area contributed by atoms with Crippen molar-refractivity contribution in [2.45, 2.75) is 32.4 Å². The fourth-order valence-corrected chi connectivity index (χ4v) is 2.94. The number of amidine groups is 1. The monoisotopic (exact) mass is 227 g/mol. The molecule has 2 aliphatic heterocycles. The van der Waals surface area contributed by atoms with E-state index in [1.165, 1.54) is 0 Å². The van der Waals surface area contributed by atoms with Crippen LogP contribution in [0.4, 0.5) is 0 Å². The van der Waals surface area contributed by atoms with E-state index < -0.39 is 0 Å². The van der Waals surface area contributed by atoms with E-state index in [1.807, 2.05) is 0 Å². The average Bonchev–Trinajstić information content (AvgIpc) is 2.76. The summed E-state index contributed by atoms with van der Waals surface area (Å²) in [5.74, 6) is 1.80. The summed E-state index contributed by atoms with van der Waals surface area (Å²) in [5.41, 5.74) is 0. The first-order valence-electron chi connectivity index (χ1n) is 5.39. The summed E-state index contributed by atoms with van der Waals surface area (Å²) in [6.45, 7) is 5.11. The SMILES string of the molecule is CC(C)C1CSC(NC2CNC(=O)C2)=N1. The maximum atomic E-state index is 11.0. The minimum Gasteiger partial charge on any atom is -0.360 e. The fourth-order valence-electron chi connectivity index (χ4n) is 1.69. The number of carbonyl (C=O) groups is 1. The van der Waals surface area contributed by atoms with Gasteiger partial charge in [0.15, 0.2) is 5.17 Å². The van der Waals surface area contributed by atoms with Gasteiger partial charge in [0.05, 0.1) is 12.1 Å². The number of hydrogen-bond acceptors (Lipinski definition) is 4. The van der Waals surface area contributed by atoms with E-state index in [9.17, 15) is 4.79 Å². The maximum Gasteiger partial charge on any atom is 0.222 e. The predicted octanol–water partition coefficient (Wildman–Crippen LogP) is 0.592. The highest BCUT2D eigenvalue weighted by Crippen LogP contribution is 2.22. The number of nitrogens with zero attached hydrogens (tertiary/aromatic N) is 1. The van der Waals surface area contributed by atoms with Crippen LogP contribution in [-0.4, -0.2) is 35.5 Å². The first-order valence-corrected chi connectivity index (χ1v) is 6.37. The molecule has 1 amide bonds. The summed E-state index contributed by atoms with van der Waals surface area (Å²) in [7, 11) is 0. The molecule has 1 fully saturated rings. The Morgan fingerprint density at radius 1 is 1.60 bits per heavy atom. The van der Waals surface area contributed by atoms with E-state index in [4.69, 9.17) is 0 Å². The van der Waals surface area contributed by atoms with Crippen LogP contribution in [0, 0.1) is 5.92 Å². The first kappa shape index (κ1) is 10.8. The highest BCUT2D eigenvalue weighted by atomic mass is 32.2. The Hall–Kier alpha value is -0.710. The van der Waals surface area contributed by atoms with Crippen LogP contribution in [0.15, 0.2) is 4.99 Å². The summed E-state index contributed by atoms with van der Waals surface area (Å²) in [5, 5.41) is 7.14. The summed E-state index contributed by atoms with van der Waals surface area (Å²) >= 11 is 1.77. The third-order valence-corrected chi connectivity index (χ3v) is 3.75. The van der Waals surface area contributed by atoms with Crippen LogP contribution in [0.3, 0.4) is 0 Å². The van der Waals surface area contributed by atoms with Gasteiger partial charge in [-0.1, -0.05) is 25.6 Å². The molecule has 0 saturated carbocycles. The Labute approximate surface area is 94.3 Å². The molecule has 2 rings (SSSR count). The molecular weight excluding hydrogens is 210 g/mol. The Kier molecular flexibility index (Phi) is 3.19. The van der Waals surface area contributed by atoms with Gasteiger partial charge in [-0.3, -0.25) is 9.79 Å². The second-order valence-corrected chi connectivity index (χ2v) is 5.41. The second-order valence-electron chi connectivity index (χ2n) is 4.41. The minimum atomic E-state index is 0.136. The lowest BCUT2D eigenvalue weighted by atomic mass is 10.1. The largest absolute Gasteiger partial charge is 0.360 e. The lowest BCUT2D eigenvalue weighted by Crippen LogP contribution is -2.34. The quantitative estimate of drug-likeness (QED) is 0.726. The Bertz CT molecular complexity index is 290. The Morgan fingerprint density at radius 3 is 2.93 bits per heavy atom. The van der Waals surface area contributed by atoms with Crippen LogP contribution in [0.1, 0.15) is 20.3 Å². The van der Waals surface area contributed by atoms with Gasteiger partial charge in [0, 0.05) is 18.7 Å². The van der Waals surface area contributed by atoms with Crippen molar-refractivity contribution >= 4 is 22.8 Å². The molecule has 2 atom stereocenters. The number of hydrogen-bond donors (Lipinski definition) is 2. The number of rotatable bonds is 2. The molecule has 0 bridgehead atoms. The van der Waals surface area contributed by atoms with Crippen molar-refractivity contribution in [3.05, 3.63) is 0 Å². The smallest absolute Gasteiger partial charge is 0.222 e. The Balaban J connectivity index is 1.85. The predicted molar refractivity (Wildman–Crippen MR) is 63.1 cm³/mol. The van der Waals surface area contributed by atoms with Crippen molar-refractivity contribution in [3.8, 4) is 0 Å². The van der Waals surface area contributed by atoms with Gasteiger partial charge in [-0.15, -0.1) is 0 Å². The second kappa shape index (κ2) is 4.43. The van der Waals surface area contributed by atoms with Gasteiger partial charge in [0.2, 0.25) is 5.91 Å². The fraction of sp³-hybridized carbons (Fsp3) is 0.800. The molecule has 0 spiro atoms. The average molecular weight is 227 g/mol. The molecule has 0 aromatic carbocycles. The molecule has 1 saturated heterocycles.